The Bertz CT molecular complexity index is 968. The maximum absolute atomic E-state index is 12.7. The van der Waals surface area contributed by atoms with Gasteiger partial charge in [0.2, 0.25) is 0 Å². The van der Waals surface area contributed by atoms with Crippen LogP contribution in [0.1, 0.15) is 16.1 Å². The third-order valence-electron chi connectivity index (χ3n) is 3.55. The molecule has 0 fully saturated rings. The third-order valence-corrected chi connectivity index (χ3v) is 6.19. The Labute approximate surface area is 160 Å². The summed E-state index contributed by atoms with van der Waals surface area (Å²) in [6.07, 6.45) is 0.458. The molecule has 0 spiro atoms. The molecule has 0 aliphatic heterocycles. The van der Waals surface area contributed by atoms with Gasteiger partial charge in [0.15, 0.2) is 10.9 Å². The first-order chi connectivity index (χ1) is 12.1. The predicted octanol–water partition coefficient (Wildman–Crippen LogP) is 3.58. The molecule has 130 valence electrons. The van der Waals surface area contributed by atoms with Gasteiger partial charge < -0.3 is 5.11 Å². The molecule has 5 nitrogen and oxygen atoms in total. The van der Waals surface area contributed by atoms with Crippen molar-refractivity contribution < 1.29 is 9.90 Å². The molecule has 0 atom stereocenters. The van der Waals surface area contributed by atoms with Crippen molar-refractivity contribution in [3.05, 3.63) is 55.4 Å². The van der Waals surface area contributed by atoms with Gasteiger partial charge in [-0.15, -0.1) is 11.3 Å². The van der Waals surface area contributed by atoms with Gasteiger partial charge in [-0.3, -0.25) is 14.2 Å². The van der Waals surface area contributed by atoms with Crippen LogP contribution in [0.5, 0.6) is 0 Å². The topological polar surface area (TPSA) is 72.2 Å². The fourth-order valence-corrected chi connectivity index (χ4v) is 4.67. The molecule has 3 aromatic rings. The summed E-state index contributed by atoms with van der Waals surface area (Å²) in [6.45, 7) is 0.361. The number of nitrogens with zero attached hydrogens (tertiary/aromatic N) is 2. The van der Waals surface area contributed by atoms with E-state index in [1.165, 1.54) is 23.1 Å². The minimum atomic E-state index is -0.145. The summed E-state index contributed by atoms with van der Waals surface area (Å²) in [5, 5.41) is 10.1. The lowest BCUT2D eigenvalue weighted by molar-refractivity contribution is 0.102. The van der Waals surface area contributed by atoms with Gasteiger partial charge in [0.1, 0.15) is 0 Å². The molecule has 8 heteroatoms. The molecule has 0 radical (unpaired) electrons. The fraction of sp³-hybridized carbons (Fsp3) is 0.235. The van der Waals surface area contributed by atoms with Gasteiger partial charge in [0.25, 0.3) is 5.56 Å². The van der Waals surface area contributed by atoms with Crippen molar-refractivity contribution in [3.8, 4) is 0 Å². The standard InChI is InChI=1S/C17H15BrN2O3S2/c18-15-7-6-14(25-15)13(22)10-24-17-19-12-5-2-1-4-11(12)16(23)20(17)8-3-9-21/h1-2,4-7,21H,3,8-10H2. The molecule has 0 saturated carbocycles. The molecular formula is C17H15BrN2O3S2. The summed E-state index contributed by atoms with van der Waals surface area (Å²) >= 11 is 5.99. The second-order valence-electron chi connectivity index (χ2n) is 5.26. The lowest BCUT2D eigenvalue weighted by atomic mass is 10.2. The first kappa shape index (κ1) is 18.3. The van der Waals surface area contributed by atoms with Gasteiger partial charge >= 0.3 is 0 Å². The molecule has 25 heavy (non-hydrogen) atoms. The van der Waals surface area contributed by atoms with Gasteiger partial charge in [-0.05, 0) is 46.6 Å². The van der Waals surface area contributed by atoms with Crippen LogP contribution in [0.3, 0.4) is 0 Å². The molecule has 0 saturated heterocycles. The zero-order valence-corrected chi connectivity index (χ0v) is 16.4. The van der Waals surface area contributed by atoms with Crippen molar-refractivity contribution in [1.29, 1.82) is 0 Å². The number of hydrogen-bond donors (Lipinski definition) is 1. The SMILES string of the molecule is O=C(CSc1nc2ccccc2c(=O)n1CCCO)c1ccc(Br)s1. The highest BCUT2D eigenvalue weighted by molar-refractivity contribution is 9.11. The van der Waals surface area contributed by atoms with E-state index in [0.717, 1.165) is 3.79 Å². The van der Waals surface area contributed by atoms with Gasteiger partial charge in [-0.2, -0.15) is 0 Å². The molecule has 1 N–H and O–H groups in total. The van der Waals surface area contributed by atoms with Gasteiger partial charge in [0, 0.05) is 13.2 Å². The molecule has 3 rings (SSSR count). The summed E-state index contributed by atoms with van der Waals surface area (Å²) in [4.78, 5) is 30.2. The summed E-state index contributed by atoms with van der Waals surface area (Å²) in [5.74, 6) is 0.202. The molecule has 0 amide bonds. The molecule has 0 aliphatic rings. The minimum Gasteiger partial charge on any atom is -0.396 e. The number of hydrogen-bond acceptors (Lipinski definition) is 6. The quantitative estimate of drug-likeness (QED) is 0.346. The Hall–Kier alpha value is -1.48. The first-order valence-corrected chi connectivity index (χ1v) is 10.2. The predicted molar refractivity (Wildman–Crippen MR) is 105 cm³/mol. The number of thioether (sulfide) groups is 1. The normalized spacial score (nSPS) is 11.1. The number of Topliss-reactive ketones (excluding diaryl/α,β-unsaturated/α-hetero) is 1. The van der Waals surface area contributed by atoms with Crippen LogP contribution >= 0.6 is 39.0 Å². The summed E-state index contributed by atoms with van der Waals surface area (Å²) in [5.41, 5.74) is 0.467. The number of thiophene rings is 1. The number of ketones is 1. The van der Waals surface area contributed by atoms with Crippen molar-refractivity contribution in [2.75, 3.05) is 12.4 Å². The average molecular weight is 439 g/mol. The highest BCUT2D eigenvalue weighted by atomic mass is 79.9. The third kappa shape index (κ3) is 4.20. The Balaban J connectivity index is 1.90. The van der Waals surface area contributed by atoms with Crippen LogP contribution in [-0.2, 0) is 6.54 Å². The van der Waals surface area contributed by atoms with Crippen LogP contribution in [0, 0.1) is 0 Å². The van der Waals surface area contributed by atoms with E-state index in [9.17, 15) is 9.59 Å². The summed E-state index contributed by atoms with van der Waals surface area (Å²) in [7, 11) is 0. The number of carbonyl (C=O) groups excluding carboxylic acids is 1. The first-order valence-electron chi connectivity index (χ1n) is 7.62. The van der Waals surface area contributed by atoms with Crippen LogP contribution in [-0.4, -0.2) is 32.8 Å². The van der Waals surface area contributed by atoms with E-state index in [1.54, 1.807) is 28.8 Å². The second kappa shape index (κ2) is 8.27. The van der Waals surface area contributed by atoms with Crippen LogP contribution in [0.25, 0.3) is 10.9 Å². The smallest absolute Gasteiger partial charge is 0.262 e. The largest absolute Gasteiger partial charge is 0.396 e. The van der Waals surface area contributed by atoms with Crippen molar-refractivity contribution in [2.45, 2.75) is 18.1 Å². The van der Waals surface area contributed by atoms with E-state index in [1.807, 2.05) is 12.1 Å². The van der Waals surface area contributed by atoms with Crippen LogP contribution in [0.4, 0.5) is 0 Å². The number of benzene rings is 1. The summed E-state index contributed by atoms with van der Waals surface area (Å²) < 4.78 is 2.45. The van der Waals surface area contributed by atoms with E-state index in [4.69, 9.17) is 5.11 Å². The van der Waals surface area contributed by atoms with Crippen molar-refractivity contribution >= 4 is 55.7 Å². The molecule has 2 aromatic heterocycles. The molecule has 0 bridgehead atoms. The number of aliphatic hydroxyl groups is 1. The van der Waals surface area contributed by atoms with Crippen LogP contribution in [0.15, 0.2) is 50.1 Å². The van der Waals surface area contributed by atoms with Crippen molar-refractivity contribution in [1.82, 2.24) is 9.55 Å². The van der Waals surface area contributed by atoms with E-state index in [0.29, 0.717) is 33.9 Å². The van der Waals surface area contributed by atoms with E-state index < -0.39 is 0 Å². The zero-order valence-electron chi connectivity index (χ0n) is 13.1. The number of halogens is 1. The minimum absolute atomic E-state index is 0.00295. The Morgan fingerprint density at radius 1 is 1.28 bits per heavy atom. The molecule has 0 unspecified atom stereocenters. The maximum Gasteiger partial charge on any atom is 0.262 e. The van der Waals surface area contributed by atoms with E-state index in [-0.39, 0.29) is 23.7 Å². The average Bonchev–Trinajstić information content (AvgIpc) is 3.05. The van der Waals surface area contributed by atoms with Crippen molar-refractivity contribution in [3.63, 3.8) is 0 Å². The zero-order chi connectivity index (χ0) is 17.8. The fourth-order valence-electron chi connectivity index (χ4n) is 2.35. The van der Waals surface area contributed by atoms with Crippen LogP contribution < -0.4 is 5.56 Å². The number of aromatic nitrogens is 2. The molecule has 2 heterocycles. The van der Waals surface area contributed by atoms with Crippen molar-refractivity contribution in [2.24, 2.45) is 0 Å². The van der Waals surface area contributed by atoms with Crippen LogP contribution in [0.2, 0.25) is 0 Å². The van der Waals surface area contributed by atoms with Gasteiger partial charge in [0.05, 0.1) is 25.3 Å². The highest BCUT2D eigenvalue weighted by Crippen LogP contribution is 2.25. The number of carbonyl (C=O) groups is 1. The molecular weight excluding hydrogens is 424 g/mol. The lowest BCUT2D eigenvalue weighted by Gasteiger charge is -2.12. The molecule has 1 aromatic carbocycles. The Kier molecular flexibility index (Phi) is 6.06. The number of fused-ring (bicyclic) bond motifs is 1. The number of para-hydroxylation sites is 1. The monoisotopic (exact) mass is 438 g/mol. The second-order valence-corrected chi connectivity index (χ2v) is 8.67. The highest BCUT2D eigenvalue weighted by Gasteiger charge is 2.15. The Morgan fingerprint density at radius 3 is 2.80 bits per heavy atom. The van der Waals surface area contributed by atoms with Gasteiger partial charge in [-0.1, -0.05) is 23.9 Å². The Morgan fingerprint density at radius 2 is 2.08 bits per heavy atom. The lowest BCUT2D eigenvalue weighted by Crippen LogP contribution is -2.24. The summed E-state index contributed by atoms with van der Waals surface area (Å²) in [6, 6.07) is 10.8. The van der Waals surface area contributed by atoms with E-state index >= 15 is 0 Å². The maximum atomic E-state index is 12.7. The van der Waals surface area contributed by atoms with E-state index in [2.05, 4.69) is 20.9 Å². The van der Waals surface area contributed by atoms with Gasteiger partial charge in [-0.25, -0.2) is 4.98 Å². The molecule has 0 aliphatic carbocycles. The number of aliphatic hydroxyl groups excluding tert-OH is 1. The number of rotatable bonds is 7.